The Morgan fingerprint density at radius 1 is 1.08 bits per heavy atom. The van der Waals surface area contributed by atoms with Gasteiger partial charge < -0.3 is 11.1 Å². The van der Waals surface area contributed by atoms with Crippen molar-refractivity contribution in [2.75, 3.05) is 11.1 Å². The van der Waals surface area contributed by atoms with Crippen LogP contribution in [0.5, 0.6) is 0 Å². The molecule has 2 aromatic heterocycles. The Balaban J connectivity index is 1.84. The number of halogens is 1. The van der Waals surface area contributed by atoms with Crippen molar-refractivity contribution in [3.8, 4) is 5.82 Å². The molecule has 0 bridgehead atoms. The van der Waals surface area contributed by atoms with Gasteiger partial charge >= 0.3 is 0 Å². The van der Waals surface area contributed by atoms with E-state index < -0.39 is 10.0 Å². The molecule has 0 saturated heterocycles. The molecule has 0 amide bonds. The van der Waals surface area contributed by atoms with Gasteiger partial charge in [0.05, 0.1) is 4.90 Å². The quantitative estimate of drug-likeness (QED) is 0.608. The standard InChI is InChI=1S/C12H11ClN8O2S/c13-9-5-6-10(19-18-9)21-11(14)17-12(20-21)16-7-1-3-8(4-2-7)24(15,22)23/h1-6H,(H2,15,22,23)(H3,14,16,17,20). The lowest BCUT2D eigenvalue weighted by molar-refractivity contribution is 0.598. The molecule has 0 fully saturated rings. The molecule has 0 aliphatic carbocycles. The Bertz CT molecular complexity index is 969. The molecule has 0 aliphatic heterocycles. The van der Waals surface area contributed by atoms with Crippen molar-refractivity contribution in [3.63, 3.8) is 0 Å². The molecule has 1 aromatic carbocycles. The zero-order chi connectivity index (χ0) is 17.3. The first-order chi connectivity index (χ1) is 11.3. The Labute approximate surface area is 141 Å². The first-order valence-electron chi connectivity index (χ1n) is 6.45. The van der Waals surface area contributed by atoms with Crippen LogP contribution < -0.4 is 16.2 Å². The van der Waals surface area contributed by atoms with E-state index in [1.165, 1.54) is 28.9 Å². The van der Waals surface area contributed by atoms with Gasteiger partial charge in [-0.05, 0) is 36.4 Å². The number of benzene rings is 1. The van der Waals surface area contributed by atoms with Crippen LogP contribution in [0, 0.1) is 0 Å². The molecule has 5 N–H and O–H groups in total. The number of nitrogens with zero attached hydrogens (tertiary/aromatic N) is 5. The van der Waals surface area contributed by atoms with Gasteiger partial charge in [0.1, 0.15) is 0 Å². The number of nitrogen functional groups attached to an aromatic ring is 1. The van der Waals surface area contributed by atoms with E-state index in [1.807, 2.05) is 0 Å². The summed E-state index contributed by atoms with van der Waals surface area (Å²) in [6, 6.07) is 8.91. The van der Waals surface area contributed by atoms with E-state index >= 15 is 0 Å². The maximum atomic E-state index is 11.2. The van der Waals surface area contributed by atoms with Gasteiger partial charge in [-0.2, -0.15) is 9.67 Å². The molecule has 0 spiro atoms. The lowest BCUT2D eigenvalue weighted by Gasteiger charge is -2.03. The highest BCUT2D eigenvalue weighted by atomic mass is 35.5. The first-order valence-corrected chi connectivity index (χ1v) is 8.37. The highest BCUT2D eigenvalue weighted by molar-refractivity contribution is 7.89. The number of aromatic nitrogens is 5. The summed E-state index contributed by atoms with van der Waals surface area (Å²) in [5.41, 5.74) is 6.36. The van der Waals surface area contributed by atoms with Crippen LogP contribution in [0.15, 0.2) is 41.3 Å². The number of primary sulfonamides is 1. The third-order valence-electron chi connectivity index (χ3n) is 2.91. The molecular weight excluding hydrogens is 356 g/mol. The summed E-state index contributed by atoms with van der Waals surface area (Å²) < 4.78 is 23.7. The third-order valence-corrected chi connectivity index (χ3v) is 4.04. The lowest BCUT2D eigenvalue weighted by Crippen LogP contribution is -2.11. The molecular formula is C12H11ClN8O2S. The van der Waals surface area contributed by atoms with Crippen LogP contribution in [0.4, 0.5) is 17.6 Å². The predicted molar refractivity (Wildman–Crippen MR) is 87.5 cm³/mol. The van der Waals surface area contributed by atoms with E-state index in [4.69, 9.17) is 22.5 Å². The van der Waals surface area contributed by atoms with E-state index in [0.29, 0.717) is 11.5 Å². The number of nitrogens with one attached hydrogen (secondary N) is 1. The second-order valence-corrected chi connectivity index (χ2v) is 6.56. The average Bonchev–Trinajstić information content (AvgIpc) is 2.88. The Kier molecular flexibility index (Phi) is 4.05. The first kappa shape index (κ1) is 16.1. The average molecular weight is 367 g/mol. The topological polar surface area (TPSA) is 155 Å². The van der Waals surface area contributed by atoms with Gasteiger partial charge in [-0.25, -0.2) is 13.6 Å². The fraction of sp³-hybridized carbons (Fsp3) is 0. The van der Waals surface area contributed by atoms with Crippen LogP contribution in [0.3, 0.4) is 0 Å². The summed E-state index contributed by atoms with van der Waals surface area (Å²) in [5.74, 6) is 0.643. The van der Waals surface area contributed by atoms with Crippen molar-refractivity contribution < 1.29 is 8.42 Å². The predicted octanol–water partition coefficient (Wildman–Crippen LogP) is 0.684. The highest BCUT2D eigenvalue weighted by Crippen LogP contribution is 2.18. The van der Waals surface area contributed by atoms with Gasteiger partial charge in [-0.1, -0.05) is 11.6 Å². The van der Waals surface area contributed by atoms with E-state index in [9.17, 15) is 8.42 Å². The monoisotopic (exact) mass is 366 g/mol. The van der Waals surface area contributed by atoms with Crippen molar-refractivity contribution in [1.29, 1.82) is 0 Å². The number of rotatable bonds is 4. The number of nitrogens with two attached hydrogens (primary N) is 2. The van der Waals surface area contributed by atoms with Crippen LogP contribution in [-0.2, 0) is 10.0 Å². The molecule has 12 heteroatoms. The molecule has 3 aromatic rings. The van der Waals surface area contributed by atoms with Gasteiger partial charge in [0, 0.05) is 5.69 Å². The van der Waals surface area contributed by atoms with Crippen LogP contribution in [0.25, 0.3) is 5.82 Å². The summed E-state index contributed by atoms with van der Waals surface area (Å²) in [6.07, 6.45) is 0. The number of sulfonamides is 1. The molecule has 0 aliphatic rings. The second kappa shape index (κ2) is 6.03. The third kappa shape index (κ3) is 3.42. The van der Waals surface area contributed by atoms with E-state index in [0.717, 1.165) is 0 Å². The van der Waals surface area contributed by atoms with E-state index in [1.54, 1.807) is 12.1 Å². The van der Waals surface area contributed by atoms with Crippen molar-refractivity contribution in [3.05, 3.63) is 41.6 Å². The summed E-state index contributed by atoms with van der Waals surface area (Å²) in [7, 11) is -3.74. The van der Waals surface area contributed by atoms with E-state index in [-0.39, 0.29) is 21.9 Å². The zero-order valence-corrected chi connectivity index (χ0v) is 13.5. The van der Waals surface area contributed by atoms with Crippen molar-refractivity contribution in [2.24, 2.45) is 5.14 Å². The number of hydrogen-bond acceptors (Lipinski definition) is 8. The summed E-state index contributed by atoms with van der Waals surface area (Å²) >= 11 is 5.68. The second-order valence-electron chi connectivity index (χ2n) is 4.61. The fourth-order valence-corrected chi connectivity index (χ4v) is 2.44. The van der Waals surface area contributed by atoms with Gasteiger partial charge in [0.25, 0.3) is 0 Å². The summed E-state index contributed by atoms with van der Waals surface area (Å²) in [5, 5.41) is 19.9. The minimum atomic E-state index is -3.74. The van der Waals surface area contributed by atoms with Crippen LogP contribution >= 0.6 is 11.6 Å². The van der Waals surface area contributed by atoms with Crippen LogP contribution in [0.1, 0.15) is 0 Å². The van der Waals surface area contributed by atoms with Crippen molar-refractivity contribution >= 4 is 39.2 Å². The Morgan fingerprint density at radius 2 is 1.79 bits per heavy atom. The van der Waals surface area contributed by atoms with E-state index in [2.05, 4.69) is 25.6 Å². The maximum Gasteiger partial charge on any atom is 0.248 e. The molecule has 24 heavy (non-hydrogen) atoms. The fourth-order valence-electron chi connectivity index (χ4n) is 1.82. The zero-order valence-electron chi connectivity index (χ0n) is 12.0. The lowest BCUT2D eigenvalue weighted by atomic mass is 10.3. The van der Waals surface area contributed by atoms with Crippen LogP contribution in [0.2, 0.25) is 5.15 Å². The molecule has 0 atom stereocenters. The summed E-state index contributed by atoms with van der Waals surface area (Å²) in [4.78, 5) is 4.05. The summed E-state index contributed by atoms with van der Waals surface area (Å²) in [6.45, 7) is 0. The van der Waals surface area contributed by atoms with Crippen LogP contribution in [-0.4, -0.2) is 33.4 Å². The Hall–Kier alpha value is -2.76. The molecule has 0 radical (unpaired) electrons. The molecule has 0 saturated carbocycles. The van der Waals surface area contributed by atoms with Crippen molar-refractivity contribution in [1.82, 2.24) is 25.0 Å². The molecule has 10 nitrogen and oxygen atoms in total. The smallest absolute Gasteiger partial charge is 0.248 e. The molecule has 2 heterocycles. The number of anilines is 3. The SMILES string of the molecule is Nc1nc(Nc2ccc(S(N)(=O)=O)cc2)nn1-c1ccc(Cl)nn1. The minimum Gasteiger partial charge on any atom is -0.368 e. The number of hydrogen-bond donors (Lipinski definition) is 3. The van der Waals surface area contributed by atoms with Gasteiger partial charge in [0.15, 0.2) is 11.0 Å². The van der Waals surface area contributed by atoms with Gasteiger partial charge in [0.2, 0.25) is 21.9 Å². The highest BCUT2D eigenvalue weighted by Gasteiger charge is 2.11. The maximum absolute atomic E-state index is 11.2. The Morgan fingerprint density at radius 3 is 2.38 bits per heavy atom. The normalized spacial score (nSPS) is 11.4. The van der Waals surface area contributed by atoms with Crippen molar-refractivity contribution in [2.45, 2.75) is 4.90 Å². The van der Waals surface area contributed by atoms with Gasteiger partial charge in [-0.15, -0.1) is 15.3 Å². The molecule has 124 valence electrons. The molecule has 3 rings (SSSR count). The minimum absolute atomic E-state index is 0.00231. The largest absolute Gasteiger partial charge is 0.368 e. The molecule has 0 unspecified atom stereocenters. The van der Waals surface area contributed by atoms with Gasteiger partial charge in [-0.3, -0.25) is 0 Å².